The third-order valence-corrected chi connectivity index (χ3v) is 3.59. The molecule has 0 aliphatic heterocycles. The molecule has 1 fully saturated rings. The van der Waals surface area contributed by atoms with E-state index < -0.39 is 0 Å². The Morgan fingerprint density at radius 1 is 1.29 bits per heavy atom. The van der Waals surface area contributed by atoms with Crippen LogP contribution in [0.2, 0.25) is 0 Å². The molecule has 0 bridgehead atoms. The molecule has 21 heavy (non-hydrogen) atoms. The SMILES string of the molecule is CC.CC(=NO)c1ccccc1N=C1C[C-](C)C(C)C1.[Yb]. The second-order valence-corrected chi connectivity index (χ2v) is 5.01. The minimum Gasteiger partial charge on any atom is -0.411 e. The summed E-state index contributed by atoms with van der Waals surface area (Å²) in [6, 6.07) is 7.80. The van der Waals surface area contributed by atoms with Gasteiger partial charge in [-0.15, -0.1) is 6.42 Å². The summed E-state index contributed by atoms with van der Waals surface area (Å²) in [4.78, 5) is 4.73. The summed E-state index contributed by atoms with van der Waals surface area (Å²) >= 11 is 0. The van der Waals surface area contributed by atoms with Crippen LogP contribution in [0.4, 0.5) is 5.69 Å². The molecule has 1 atom stereocenters. The second-order valence-electron chi connectivity index (χ2n) is 5.01. The summed E-state index contributed by atoms with van der Waals surface area (Å²) in [5, 5.41) is 12.2. The molecular formula is C17H25N2OYb-. The summed E-state index contributed by atoms with van der Waals surface area (Å²) in [6.45, 7) is 10.2. The number of para-hydroxylation sites is 1. The van der Waals surface area contributed by atoms with E-state index in [-0.39, 0.29) is 46.9 Å². The van der Waals surface area contributed by atoms with Crippen LogP contribution in [0.25, 0.3) is 0 Å². The van der Waals surface area contributed by atoms with E-state index in [2.05, 4.69) is 19.0 Å². The van der Waals surface area contributed by atoms with Crippen molar-refractivity contribution < 1.29 is 52.1 Å². The molecule has 0 aromatic heterocycles. The molecule has 1 N–H and O–H groups in total. The third kappa shape index (κ3) is 5.88. The van der Waals surface area contributed by atoms with E-state index >= 15 is 0 Å². The van der Waals surface area contributed by atoms with Gasteiger partial charge >= 0.3 is 0 Å². The summed E-state index contributed by atoms with van der Waals surface area (Å²) in [6.07, 6.45) is 2.03. The molecule has 1 aromatic rings. The van der Waals surface area contributed by atoms with Gasteiger partial charge in [0.15, 0.2) is 0 Å². The van der Waals surface area contributed by atoms with E-state index in [0.29, 0.717) is 11.6 Å². The van der Waals surface area contributed by atoms with Crippen LogP contribution < -0.4 is 0 Å². The molecule has 2 rings (SSSR count). The molecule has 0 amide bonds. The zero-order valence-corrected chi connectivity index (χ0v) is 15.1. The topological polar surface area (TPSA) is 45.0 Å². The van der Waals surface area contributed by atoms with Crippen LogP contribution in [0.5, 0.6) is 0 Å². The van der Waals surface area contributed by atoms with Crippen LogP contribution in [0.3, 0.4) is 0 Å². The van der Waals surface area contributed by atoms with Crippen LogP contribution in [0.15, 0.2) is 34.4 Å². The standard InChI is InChI=1S/C15H19N2O.C2H6.Yb/c1-10-8-13(9-11(10)2)16-15-7-5-4-6-14(15)12(3)17-18;1-2;/h4-7,10,18H,8-9H2,1-3H3;1-2H3;/q-1;;. The minimum absolute atomic E-state index is 0. The monoisotopic (exact) mass is 447 g/mol. The van der Waals surface area contributed by atoms with E-state index in [1.807, 2.05) is 38.1 Å². The minimum atomic E-state index is 0. The molecule has 1 aromatic carbocycles. The maximum atomic E-state index is 8.89. The van der Waals surface area contributed by atoms with Gasteiger partial charge in [-0.1, -0.05) is 44.1 Å². The molecular weight excluding hydrogens is 421 g/mol. The largest absolute Gasteiger partial charge is 0.411 e. The van der Waals surface area contributed by atoms with E-state index in [9.17, 15) is 0 Å². The van der Waals surface area contributed by atoms with E-state index in [1.54, 1.807) is 6.92 Å². The number of benzene rings is 1. The average molecular weight is 446 g/mol. The molecule has 4 heteroatoms. The van der Waals surface area contributed by atoms with Gasteiger partial charge in [0, 0.05) is 52.5 Å². The van der Waals surface area contributed by atoms with Crippen molar-refractivity contribution in [3.63, 3.8) is 0 Å². The molecule has 0 heterocycles. The summed E-state index contributed by atoms with van der Waals surface area (Å²) in [5.41, 5.74) is 3.61. The molecule has 1 aliphatic rings. The summed E-state index contributed by atoms with van der Waals surface area (Å²) < 4.78 is 0. The van der Waals surface area contributed by atoms with Crippen LogP contribution in [0, 0.1) is 58.8 Å². The Kier molecular flexibility index (Phi) is 10.5. The predicted octanol–water partition coefficient (Wildman–Crippen LogP) is 5.01. The fourth-order valence-corrected chi connectivity index (χ4v) is 2.28. The van der Waals surface area contributed by atoms with Crippen molar-refractivity contribution in [3.05, 3.63) is 35.7 Å². The summed E-state index contributed by atoms with van der Waals surface area (Å²) in [5.74, 6) is 2.13. The third-order valence-electron chi connectivity index (χ3n) is 3.59. The van der Waals surface area contributed by atoms with Crippen LogP contribution in [-0.2, 0) is 0 Å². The number of hydrogen-bond acceptors (Lipinski definition) is 3. The van der Waals surface area contributed by atoms with Gasteiger partial charge in [-0.3, -0.25) is 4.99 Å². The number of hydrogen-bond donors (Lipinski definition) is 1. The van der Waals surface area contributed by atoms with E-state index in [4.69, 9.17) is 10.2 Å². The van der Waals surface area contributed by atoms with Crippen LogP contribution in [-0.4, -0.2) is 16.6 Å². The first-order chi connectivity index (χ1) is 9.61. The van der Waals surface area contributed by atoms with E-state index in [0.717, 1.165) is 24.1 Å². The van der Waals surface area contributed by atoms with Gasteiger partial charge in [-0.2, -0.15) is 12.8 Å². The Morgan fingerprint density at radius 3 is 2.43 bits per heavy atom. The number of rotatable bonds is 2. The van der Waals surface area contributed by atoms with Gasteiger partial charge in [0.2, 0.25) is 0 Å². The number of oxime groups is 1. The van der Waals surface area contributed by atoms with Crippen molar-refractivity contribution in [2.24, 2.45) is 16.1 Å². The first kappa shape index (κ1) is 20.9. The normalized spacial score (nSPS) is 20.7. The fraction of sp³-hybridized carbons (Fsp3) is 0.471. The Balaban J connectivity index is 0.00000128. The molecule has 1 unspecified atom stereocenters. The molecule has 3 nitrogen and oxygen atoms in total. The molecule has 0 spiro atoms. The first-order valence-electron chi connectivity index (χ1n) is 7.28. The summed E-state index contributed by atoms with van der Waals surface area (Å²) in [7, 11) is 0. The number of aliphatic imine (C=N–C) groups is 1. The van der Waals surface area contributed by atoms with Crippen molar-refractivity contribution in [3.8, 4) is 0 Å². The predicted molar refractivity (Wildman–Crippen MR) is 86.2 cm³/mol. The zero-order chi connectivity index (χ0) is 15.1. The second kappa shape index (κ2) is 10.6. The van der Waals surface area contributed by atoms with Gasteiger partial charge in [0.25, 0.3) is 0 Å². The van der Waals surface area contributed by atoms with Gasteiger partial charge in [-0.05, 0) is 25.1 Å². The Morgan fingerprint density at radius 2 is 1.90 bits per heavy atom. The number of nitrogens with zero attached hydrogens (tertiary/aromatic N) is 2. The van der Waals surface area contributed by atoms with Crippen LogP contribution in [0.1, 0.15) is 53.0 Å². The maximum absolute atomic E-state index is 8.89. The molecule has 0 saturated heterocycles. The Labute approximate surface area is 167 Å². The Hall–Kier alpha value is -0.121. The average Bonchev–Trinajstić information content (AvgIpc) is 2.79. The molecule has 1 saturated carbocycles. The molecule has 0 radical (unpaired) electrons. The van der Waals surface area contributed by atoms with Gasteiger partial charge < -0.3 is 11.1 Å². The van der Waals surface area contributed by atoms with Crippen molar-refractivity contribution in [1.82, 2.24) is 0 Å². The van der Waals surface area contributed by atoms with Gasteiger partial charge in [-0.25, -0.2) is 0 Å². The smallest absolute Gasteiger partial charge is 0.0858 e. The zero-order valence-electron chi connectivity index (χ0n) is 13.4. The molecule has 1 aliphatic carbocycles. The fourth-order valence-electron chi connectivity index (χ4n) is 2.28. The van der Waals surface area contributed by atoms with Crippen molar-refractivity contribution in [2.75, 3.05) is 0 Å². The van der Waals surface area contributed by atoms with Gasteiger partial charge in [0.1, 0.15) is 0 Å². The first-order valence-corrected chi connectivity index (χ1v) is 7.28. The van der Waals surface area contributed by atoms with Crippen molar-refractivity contribution in [1.29, 1.82) is 0 Å². The van der Waals surface area contributed by atoms with Gasteiger partial charge in [0.05, 0.1) is 11.4 Å². The van der Waals surface area contributed by atoms with Crippen molar-refractivity contribution >= 4 is 17.1 Å². The van der Waals surface area contributed by atoms with Crippen molar-refractivity contribution in [2.45, 2.75) is 47.5 Å². The quantitative estimate of drug-likeness (QED) is 0.295. The van der Waals surface area contributed by atoms with E-state index in [1.165, 1.54) is 11.6 Å². The Bertz CT molecular complexity index is 485. The molecule has 124 valence electrons. The van der Waals surface area contributed by atoms with Crippen LogP contribution >= 0.6 is 0 Å². The maximum Gasteiger partial charge on any atom is 0.0858 e.